The van der Waals surface area contributed by atoms with Crippen LogP contribution < -0.4 is 10.1 Å². The van der Waals surface area contributed by atoms with Crippen LogP contribution >= 0.6 is 0 Å². The second kappa shape index (κ2) is 13.9. The van der Waals surface area contributed by atoms with Crippen LogP contribution in [-0.4, -0.2) is 20.7 Å². The van der Waals surface area contributed by atoms with Crippen molar-refractivity contribution in [1.29, 1.82) is 5.26 Å². The number of amides is 1. The molecule has 4 rings (SSSR count). The average Bonchev–Trinajstić information content (AvgIpc) is 3.41. The van der Waals surface area contributed by atoms with Crippen molar-refractivity contribution >= 4 is 11.7 Å². The van der Waals surface area contributed by atoms with Gasteiger partial charge in [-0.2, -0.15) is 10.4 Å². The van der Waals surface area contributed by atoms with Crippen LogP contribution in [0, 0.1) is 11.3 Å². The lowest BCUT2D eigenvalue weighted by Gasteiger charge is -2.17. The Labute approximate surface area is 230 Å². The Morgan fingerprint density at radius 1 is 0.974 bits per heavy atom. The maximum Gasteiger partial charge on any atom is 0.233 e. The lowest BCUT2D eigenvalue weighted by Crippen LogP contribution is -2.22. The summed E-state index contributed by atoms with van der Waals surface area (Å²) in [6.45, 7) is 1.96. The van der Waals surface area contributed by atoms with E-state index in [0.29, 0.717) is 17.1 Å². The summed E-state index contributed by atoms with van der Waals surface area (Å²) in [6.07, 6.45) is 11.2. The number of carbonyl (C=O) groups is 1. The SMILES string of the molecule is C[C@H](Oc1ccc(NC(=O)[C@H](CCCCCCc2ccc(C#N)cc2)c2ccccc2)nc1)c1cnn(C)c1. The van der Waals surface area contributed by atoms with Crippen LogP contribution in [0.2, 0.25) is 0 Å². The van der Waals surface area contributed by atoms with Gasteiger partial charge in [-0.15, -0.1) is 0 Å². The van der Waals surface area contributed by atoms with Crippen LogP contribution in [0.25, 0.3) is 0 Å². The molecule has 2 atom stereocenters. The zero-order valence-corrected chi connectivity index (χ0v) is 22.6. The van der Waals surface area contributed by atoms with Crippen LogP contribution in [0.3, 0.4) is 0 Å². The van der Waals surface area contributed by atoms with E-state index in [1.54, 1.807) is 23.1 Å². The molecule has 200 valence electrons. The summed E-state index contributed by atoms with van der Waals surface area (Å²) in [4.78, 5) is 17.7. The number of carbonyl (C=O) groups excluding carboxylic acids is 1. The van der Waals surface area contributed by atoms with E-state index >= 15 is 0 Å². The third-order valence-corrected chi connectivity index (χ3v) is 6.80. The minimum absolute atomic E-state index is 0.0521. The number of nitrogens with one attached hydrogen (secondary N) is 1. The van der Waals surface area contributed by atoms with E-state index in [1.807, 2.05) is 80.8 Å². The molecule has 1 amide bonds. The maximum atomic E-state index is 13.3. The molecule has 0 aliphatic heterocycles. The Kier molecular flexibility index (Phi) is 9.85. The van der Waals surface area contributed by atoms with Crippen LogP contribution in [-0.2, 0) is 18.3 Å². The number of benzene rings is 2. The number of nitriles is 1. The summed E-state index contributed by atoms with van der Waals surface area (Å²) in [6, 6.07) is 23.5. The summed E-state index contributed by atoms with van der Waals surface area (Å²) >= 11 is 0. The van der Waals surface area contributed by atoms with Crippen molar-refractivity contribution in [2.24, 2.45) is 7.05 Å². The van der Waals surface area contributed by atoms with E-state index < -0.39 is 0 Å². The minimum Gasteiger partial charge on any atom is -0.484 e. The molecule has 0 aliphatic rings. The smallest absolute Gasteiger partial charge is 0.233 e. The summed E-state index contributed by atoms with van der Waals surface area (Å²) in [5.41, 5.74) is 3.94. The molecule has 0 unspecified atom stereocenters. The normalized spacial score (nSPS) is 12.3. The summed E-state index contributed by atoms with van der Waals surface area (Å²) in [5, 5.41) is 16.1. The lowest BCUT2D eigenvalue weighted by molar-refractivity contribution is -0.117. The Bertz CT molecular complexity index is 1360. The number of hydrogen-bond acceptors (Lipinski definition) is 5. The first-order valence-electron chi connectivity index (χ1n) is 13.5. The molecule has 2 aromatic carbocycles. The molecule has 2 heterocycles. The summed E-state index contributed by atoms with van der Waals surface area (Å²) < 4.78 is 7.72. The molecule has 0 aliphatic carbocycles. The van der Waals surface area contributed by atoms with Gasteiger partial charge in [-0.05, 0) is 61.6 Å². The van der Waals surface area contributed by atoms with Gasteiger partial charge in [0.2, 0.25) is 5.91 Å². The molecule has 0 spiro atoms. The number of nitrogens with zero attached hydrogens (tertiary/aromatic N) is 4. The quantitative estimate of drug-likeness (QED) is 0.197. The van der Waals surface area contributed by atoms with Crippen LogP contribution in [0.15, 0.2) is 85.3 Å². The van der Waals surface area contributed by atoms with Crippen LogP contribution in [0.1, 0.15) is 73.3 Å². The number of unbranched alkanes of at least 4 members (excludes halogenated alkanes) is 3. The second-order valence-corrected chi connectivity index (χ2v) is 9.80. The number of aromatic nitrogens is 3. The van der Waals surface area contributed by atoms with Crippen molar-refractivity contribution in [2.45, 2.75) is 57.5 Å². The summed E-state index contributed by atoms with van der Waals surface area (Å²) in [5.74, 6) is 0.839. The lowest BCUT2D eigenvalue weighted by atomic mass is 9.92. The van der Waals surface area contributed by atoms with E-state index in [2.05, 4.69) is 21.5 Å². The van der Waals surface area contributed by atoms with Crippen molar-refractivity contribution < 1.29 is 9.53 Å². The molecule has 39 heavy (non-hydrogen) atoms. The maximum absolute atomic E-state index is 13.3. The van der Waals surface area contributed by atoms with Gasteiger partial charge in [0, 0.05) is 18.8 Å². The highest BCUT2D eigenvalue weighted by Crippen LogP contribution is 2.26. The minimum atomic E-state index is -0.243. The fourth-order valence-electron chi connectivity index (χ4n) is 4.57. The van der Waals surface area contributed by atoms with Gasteiger partial charge in [0.15, 0.2) is 0 Å². The first kappa shape index (κ1) is 27.6. The number of pyridine rings is 1. The molecule has 2 aromatic heterocycles. The molecule has 0 saturated heterocycles. The van der Waals surface area contributed by atoms with Gasteiger partial charge in [-0.25, -0.2) is 4.98 Å². The van der Waals surface area contributed by atoms with Crippen molar-refractivity contribution in [2.75, 3.05) is 5.32 Å². The molecule has 4 aromatic rings. The third-order valence-electron chi connectivity index (χ3n) is 6.80. The number of hydrogen-bond donors (Lipinski definition) is 1. The zero-order valence-electron chi connectivity index (χ0n) is 22.6. The molecule has 0 bridgehead atoms. The Hall–Kier alpha value is -4.44. The molecule has 7 nitrogen and oxygen atoms in total. The molecular formula is C32H35N5O2. The van der Waals surface area contributed by atoms with E-state index in [1.165, 1.54) is 5.56 Å². The van der Waals surface area contributed by atoms with Gasteiger partial charge in [-0.1, -0.05) is 61.7 Å². The molecule has 7 heteroatoms. The Balaban J connectivity index is 1.27. The highest BCUT2D eigenvalue weighted by Gasteiger charge is 2.21. The Morgan fingerprint density at radius 3 is 2.41 bits per heavy atom. The highest BCUT2D eigenvalue weighted by molar-refractivity contribution is 5.95. The van der Waals surface area contributed by atoms with Crippen molar-refractivity contribution in [1.82, 2.24) is 14.8 Å². The van der Waals surface area contributed by atoms with E-state index in [-0.39, 0.29) is 17.9 Å². The van der Waals surface area contributed by atoms with E-state index in [9.17, 15) is 4.79 Å². The summed E-state index contributed by atoms with van der Waals surface area (Å²) in [7, 11) is 1.87. The number of rotatable bonds is 13. The van der Waals surface area contributed by atoms with Gasteiger partial charge >= 0.3 is 0 Å². The predicted molar refractivity (Wildman–Crippen MR) is 152 cm³/mol. The number of anilines is 1. The average molecular weight is 522 g/mol. The topological polar surface area (TPSA) is 92.8 Å². The van der Waals surface area contributed by atoms with Gasteiger partial charge in [0.25, 0.3) is 0 Å². The first-order chi connectivity index (χ1) is 19.0. The molecule has 0 fully saturated rings. The van der Waals surface area contributed by atoms with Crippen molar-refractivity contribution in [3.8, 4) is 11.8 Å². The van der Waals surface area contributed by atoms with Crippen molar-refractivity contribution in [3.05, 3.63) is 108 Å². The van der Waals surface area contributed by atoms with Gasteiger partial charge < -0.3 is 10.1 Å². The molecule has 0 saturated carbocycles. The number of aryl methyl sites for hydroxylation is 2. The van der Waals surface area contributed by atoms with Gasteiger partial charge in [0.1, 0.15) is 17.7 Å². The molecular weight excluding hydrogens is 486 g/mol. The fourth-order valence-corrected chi connectivity index (χ4v) is 4.57. The Morgan fingerprint density at radius 2 is 1.74 bits per heavy atom. The van der Waals surface area contributed by atoms with E-state index in [0.717, 1.165) is 49.7 Å². The van der Waals surface area contributed by atoms with Crippen LogP contribution in [0.5, 0.6) is 5.75 Å². The second-order valence-electron chi connectivity index (χ2n) is 9.80. The first-order valence-corrected chi connectivity index (χ1v) is 13.5. The van der Waals surface area contributed by atoms with Crippen LogP contribution in [0.4, 0.5) is 5.82 Å². The van der Waals surface area contributed by atoms with Gasteiger partial charge in [0.05, 0.1) is 29.9 Å². The van der Waals surface area contributed by atoms with Gasteiger partial charge in [-0.3, -0.25) is 9.48 Å². The molecule has 0 radical (unpaired) electrons. The highest BCUT2D eigenvalue weighted by atomic mass is 16.5. The fraction of sp³-hybridized carbons (Fsp3) is 0.312. The zero-order chi connectivity index (χ0) is 27.5. The third kappa shape index (κ3) is 8.27. The monoisotopic (exact) mass is 521 g/mol. The number of ether oxygens (including phenoxy) is 1. The standard InChI is InChI=1S/C32H35N5O2/c1-24(28-21-35-37(2)23-28)39-29-18-19-31(34-22-29)36-32(38)30(27-11-7-5-8-12-27)13-9-4-3-6-10-25-14-16-26(20-33)17-15-25/h5,7-8,11-12,14-19,21-24,30H,3-4,6,9-10,13H2,1-2H3,(H,34,36,38)/t24-,30+/m0/s1. The van der Waals surface area contributed by atoms with Crippen molar-refractivity contribution in [3.63, 3.8) is 0 Å². The van der Waals surface area contributed by atoms with E-state index in [4.69, 9.17) is 10.00 Å². The largest absolute Gasteiger partial charge is 0.484 e. The predicted octanol–water partition coefficient (Wildman–Crippen LogP) is 6.74. The molecule has 1 N–H and O–H groups in total.